The van der Waals surface area contributed by atoms with Crippen LogP contribution in [0.5, 0.6) is 0 Å². The number of amides is 1. The zero-order valence-corrected chi connectivity index (χ0v) is 10.2. The minimum Gasteiger partial charge on any atom is -0.382 e. The van der Waals surface area contributed by atoms with Gasteiger partial charge in [-0.1, -0.05) is 0 Å². The molecule has 0 saturated carbocycles. The summed E-state index contributed by atoms with van der Waals surface area (Å²) >= 11 is 0. The van der Waals surface area contributed by atoms with Crippen molar-refractivity contribution in [3.8, 4) is 0 Å². The highest BCUT2D eigenvalue weighted by Crippen LogP contribution is 2.05. The molecule has 0 aliphatic carbocycles. The van der Waals surface area contributed by atoms with E-state index in [9.17, 15) is 4.79 Å². The van der Waals surface area contributed by atoms with Gasteiger partial charge in [-0.05, 0) is 0 Å². The molecule has 2 heterocycles. The molecular weight excluding hydrogens is 232 g/mol. The number of rotatable bonds is 3. The number of nitrogen functional groups attached to an aromatic ring is 1. The second-order valence-corrected chi connectivity index (χ2v) is 3.94. The summed E-state index contributed by atoms with van der Waals surface area (Å²) < 4.78 is 1.86. The monoisotopic (exact) mass is 246 g/mol. The van der Waals surface area contributed by atoms with Crippen molar-refractivity contribution >= 4 is 11.7 Å². The molecule has 2 aromatic rings. The van der Waals surface area contributed by atoms with Gasteiger partial charge in [0.2, 0.25) is 0 Å². The minimum absolute atomic E-state index is 0.217. The number of aryl methyl sites for hydroxylation is 1. The molecule has 1 amide bonds. The molecule has 0 aliphatic heterocycles. The lowest BCUT2D eigenvalue weighted by Gasteiger charge is -2.16. The molecule has 0 saturated heterocycles. The summed E-state index contributed by atoms with van der Waals surface area (Å²) in [6, 6.07) is 0. The molecule has 0 radical (unpaired) electrons. The van der Waals surface area contributed by atoms with Crippen molar-refractivity contribution in [2.45, 2.75) is 6.54 Å². The summed E-state index contributed by atoms with van der Waals surface area (Å²) in [6.07, 6.45) is 6.25. The predicted octanol–water partition coefficient (Wildman–Crippen LogP) is 0.0645. The minimum atomic E-state index is -0.217. The quantitative estimate of drug-likeness (QED) is 0.827. The molecule has 7 heteroatoms. The van der Waals surface area contributed by atoms with Gasteiger partial charge < -0.3 is 15.2 Å². The van der Waals surface area contributed by atoms with E-state index < -0.39 is 0 Å². The maximum atomic E-state index is 12.0. The molecule has 0 fully saturated rings. The van der Waals surface area contributed by atoms with Crippen LogP contribution in [0, 0.1) is 0 Å². The summed E-state index contributed by atoms with van der Waals surface area (Å²) in [4.78, 5) is 25.5. The van der Waals surface area contributed by atoms with Crippen LogP contribution in [0.4, 0.5) is 5.82 Å². The van der Waals surface area contributed by atoms with Crippen LogP contribution in [0.15, 0.2) is 24.8 Å². The number of carbonyl (C=O) groups is 1. The van der Waals surface area contributed by atoms with E-state index in [4.69, 9.17) is 5.73 Å². The first-order chi connectivity index (χ1) is 8.58. The van der Waals surface area contributed by atoms with Gasteiger partial charge in [-0.3, -0.25) is 4.79 Å². The van der Waals surface area contributed by atoms with Gasteiger partial charge in [-0.15, -0.1) is 0 Å². The summed E-state index contributed by atoms with van der Waals surface area (Å²) in [6.45, 7) is 0.411. The predicted molar refractivity (Wildman–Crippen MR) is 65.4 cm³/mol. The molecule has 2 aromatic heterocycles. The fourth-order valence-corrected chi connectivity index (χ4v) is 1.48. The highest BCUT2D eigenvalue weighted by Gasteiger charge is 2.15. The van der Waals surface area contributed by atoms with Crippen molar-refractivity contribution in [2.75, 3.05) is 12.8 Å². The number of carbonyl (C=O) groups excluding carboxylic acids is 1. The highest BCUT2D eigenvalue weighted by molar-refractivity contribution is 5.91. The van der Waals surface area contributed by atoms with E-state index in [1.54, 1.807) is 13.2 Å². The van der Waals surface area contributed by atoms with Crippen molar-refractivity contribution < 1.29 is 4.79 Å². The highest BCUT2D eigenvalue weighted by atomic mass is 16.2. The van der Waals surface area contributed by atoms with Gasteiger partial charge in [-0.2, -0.15) is 0 Å². The van der Waals surface area contributed by atoms with Crippen LogP contribution in [0.1, 0.15) is 16.3 Å². The van der Waals surface area contributed by atoms with Gasteiger partial charge in [0.25, 0.3) is 5.91 Å². The number of imidazole rings is 1. The normalized spacial score (nSPS) is 10.3. The first kappa shape index (κ1) is 12.0. The zero-order chi connectivity index (χ0) is 13.1. The van der Waals surface area contributed by atoms with Crippen LogP contribution in [0.2, 0.25) is 0 Å². The molecule has 94 valence electrons. The van der Waals surface area contributed by atoms with Gasteiger partial charge in [0.1, 0.15) is 17.3 Å². The average molecular weight is 246 g/mol. The van der Waals surface area contributed by atoms with Gasteiger partial charge in [0.05, 0.1) is 18.9 Å². The molecule has 2 rings (SSSR count). The largest absolute Gasteiger partial charge is 0.382 e. The number of hydrogen-bond acceptors (Lipinski definition) is 5. The Kier molecular flexibility index (Phi) is 3.22. The zero-order valence-electron chi connectivity index (χ0n) is 10.2. The first-order valence-corrected chi connectivity index (χ1v) is 5.37. The molecule has 0 aromatic carbocycles. The Morgan fingerprint density at radius 2 is 2.17 bits per heavy atom. The van der Waals surface area contributed by atoms with E-state index in [1.807, 2.05) is 17.8 Å². The lowest BCUT2D eigenvalue weighted by molar-refractivity contribution is 0.0774. The molecule has 0 unspecified atom stereocenters. The summed E-state index contributed by atoms with van der Waals surface area (Å²) in [5.41, 5.74) is 5.69. The first-order valence-electron chi connectivity index (χ1n) is 5.37. The summed E-state index contributed by atoms with van der Waals surface area (Å²) in [5.74, 6) is 0.873. The molecule has 2 N–H and O–H groups in total. The average Bonchev–Trinajstić information content (AvgIpc) is 2.75. The second-order valence-electron chi connectivity index (χ2n) is 3.94. The van der Waals surface area contributed by atoms with E-state index in [0.29, 0.717) is 12.4 Å². The van der Waals surface area contributed by atoms with Crippen molar-refractivity contribution in [1.82, 2.24) is 24.4 Å². The van der Waals surface area contributed by atoms with E-state index in [2.05, 4.69) is 15.0 Å². The van der Waals surface area contributed by atoms with E-state index in [1.165, 1.54) is 17.3 Å². The smallest absolute Gasteiger partial charge is 0.274 e. The molecular formula is C11H14N6O. The third-order valence-electron chi connectivity index (χ3n) is 2.54. The van der Waals surface area contributed by atoms with E-state index in [-0.39, 0.29) is 11.6 Å². The number of hydrogen-bond donors (Lipinski definition) is 1. The van der Waals surface area contributed by atoms with Gasteiger partial charge in [0.15, 0.2) is 0 Å². The van der Waals surface area contributed by atoms with Crippen LogP contribution in [0.3, 0.4) is 0 Å². The Bertz CT molecular complexity index is 547. The standard InChI is InChI=1S/C11H14N6O/c1-16-4-3-13-10(16)7-17(2)11(18)8-5-15-9(12)6-14-8/h3-6H,7H2,1-2H3,(H2,12,15). The maximum absolute atomic E-state index is 12.0. The molecule has 7 nitrogen and oxygen atoms in total. The molecule has 0 bridgehead atoms. The molecule has 0 spiro atoms. The lowest BCUT2D eigenvalue weighted by Crippen LogP contribution is -2.28. The summed E-state index contributed by atoms with van der Waals surface area (Å²) in [7, 11) is 3.57. The lowest BCUT2D eigenvalue weighted by atomic mass is 10.3. The van der Waals surface area contributed by atoms with Crippen molar-refractivity contribution in [1.29, 1.82) is 0 Å². The van der Waals surface area contributed by atoms with E-state index in [0.717, 1.165) is 5.82 Å². The SMILES string of the molecule is CN(Cc1nccn1C)C(=O)c1cnc(N)cn1. The van der Waals surface area contributed by atoms with Gasteiger partial charge in [0, 0.05) is 26.5 Å². The van der Waals surface area contributed by atoms with Crippen LogP contribution in [-0.2, 0) is 13.6 Å². The molecule has 18 heavy (non-hydrogen) atoms. The summed E-state index contributed by atoms with van der Waals surface area (Å²) in [5, 5.41) is 0. The van der Waals surface area contributed by atoms with Crippen LogP contribution >= 0.6 is 0 Å². The Balaban J connectivity index is 2.09. The second kappa shape index (κ2) is 4.82. The van der Waals surface area contributed by atoms with Crippen LogP contribution < -0.4 is 5.73 Å². The number of nitrogens with zero attached hydrogens (tertiary/aromatic N) is 5. The van der Waals surface area contributed by atoms with Gasteiger partial charge in [-0.25, -0.2) is 15.0 Å². The van der Waals surface area contributed by atoms with Crippen LogP contribution in [-0.4, -0.2) is 37.4 Å². The number of anilines is 1. The van der Waals surface area contributed by atoms with Crippen molar-refractivity contribution in [3.05, 3.63) is 36.3 Å². The maximum Gasteiger partial charge on any atom is 0.274 e. The fourth-order valence-electron chi connectivity index (χ4n) is 1.48. The molecule has 0 aliphatic rings. The Morgan fingerprint density at radius 1 is 1.39 bits per heavy atom. The Morgan fingerprint density at radius 3 is 2.72 bits per heavy atom. The molecule has 0 atom stereocenters. The topological polar surface area (TPSA) is 89.9 Å². The number of nitrogens with two attached hydrogens (primary N) is 1. The van der Waals surface area contributed by atoms with Crippen molar-refractivity contribution in [2.24, 2.45) is 7.05 Å². The fraction of sp³-hybridized carbons (Fsp3) is 0.273. The third kappa shape index (κ3) is 2.45. The third-order valence-corrected chi connectivity index (χ3v) is 2.54. The van der Waals surface area contributed by atoms with Crippen molar-refractivity contribution in [3.63, 3.8) is 0 Å². The Hall–Kier alpha value is -2.44. The van der Waals surface area contributed by atoms with Crippen LogP contribution in [0.25, 0.3) is 0 Å². The number of aromatic nitrogens is 4. The Labute approximate surface area is 104 Å². The van der Waals surface area contributed by atoms with E-state index >= 15 is 0 Å². The van der Waals surface area contributed by atoms with Gasteiger partial charge >= 0.3 is 0 Å².